The average Bonchev–Trinajstić information content (AvgIpc) is 2.99. The van der Waals surface area contributed by atoms with E-state index >= 15 is 0 Å². The Morgan fingerprint density at radius 1 is 1.29 bits per heavy atom. The van der Waals surface area contributed by atoms with E-state index in [0.29, 0.717) is 28.0 Å². The lowest BCUT2D eigenvalue weighted by Gasteiger charge is -2.05. The van der Waals surface area contributed by atoms with Crippen LogP contribution in [-0.4, -0.2) is 39.5 Å². The molecule has 2 heterocycles. The second-order valence-corrected chi connectivity index (χ2v) is 6.02. The average molecular weight is 366 g/mol. The van der Waals surface area contributed by atoms with Gasteiger partial charge >= 0.3 is 6.03 Å². The molecule has 3 rings (SSSR count). The lowest BCUT2D eigenvalue weighted by atomic mass is 10.2. The van der Waals surface area contributed by atoms with Crippen molar-refractivity contribution in [1.82, 2.24) is 20.1 Å². The first-order valence-corrected chi connectivity index (χ1v) is 7.82. The van der Waals surface area contributed by atoms with Crippen LogP contribution in [0.1, 0.15) is 16.8 Å². The van der Waals surface area contributed by atoms with Gasteiger partial charge in [0.2, 0.25) is 5.91 Å². The molecule has 24 heavy (non-hydrogen) atoms. The molecular formula is C15H13Cl2N5O2. The summed E-state index contributed by atoms with van der Waals surface area (Å²) in [7, 11) is 0. The van der Waals surface area contributed by atoms with Crippen LogP contribution in [0.4, 0.5) is 4.79 Å². The number of nitrogens with one attached hydrogen (secondary N) is 1. The Morgan fingerprint density at radius 3 is 2.62 bits per heavy atom. The van der Waals surface area contributed by atoms with Gasteiger partial charge in [-0.2, -0.15) is 10.2 Å². The number of carbonyl (C=O) groups excluding carboxylic acids is 2. The van der Waals surface area contributed by atoms with Crippen LogP contribution >= 0.6 is 23.2 Å². The van der Waals surface area contributed by atoms with E-state index in [1.54, 1.807) is 23.7 Å². The third-order valence-corrected chi connectivity index (χ3v) is 4.11. The molecule has 1 fully saturated rings. The monoisotopic (exact) mass is 365 g/mol. The van der Waals surface area contributed by atoms with Crippen molar-refractivity contribution in [2.45, 2.75) is 13.5 Å². The normalized spacial score (nSPS) is 14.7. The predicted octanol–water partition coefficient (Wildman–Crippen LogP) is 2.43. The standard InChI is InChI=1S/C15H13Cl2N5O2/c1-9-12(6-18-22-8-13(23)19-15(22)24)14(17)21(20-9)7-10-2-4-11(16)5-3-10/h2-6H,7-8H2,1H3,(H,19,23,24). The summed E-state index contributed by atoms with van der Waals surface area (Å²) in [6.45, 7) is 2.17. The molecule has 1 aliphatic rings. The van der Waals surface area contributed by atoms with E-state index < -0.39 is 11.9 Å². The molecule has 0 atom stereocenters. The highest BCUT2D eigenvalue weighted by Crippen LogP contribution is 2.20. The number of hydrogen-bond acceptors (Lipinski definition) is 4. The van der Waals surface area contributed by atoms with Crippen LogP contribution in [0.15, 0.2) is 29.4 Å². The number of halogens is 2. The molecule has 0 spiro atoms. The quantitative estimate of drug-likeness (QED) is 0.667. The van der Waals surface area contributed by atoms with Gasteiger partial charge in [-0.3, -0.25) is 10.1 Å². The number of carbonyl (C=O) groups is 2. The van der Waals surface area contributed by atoms with E-state index in [1.165, 1.54) is 6.21 Å². The highest BCUT2D eigenvalue weighted by Gasteiger charge is 2.26. The van der Waals surface area contributed by atoms with Gasteiger partial charge < -0.3 is 0 Å². The van der Waals surface area contributed by atoms with E-state index in [1.807, 2.05) is 12.1 Å². The molecule has 0 radical (unpaired) electrons. The molecule has 0 bridgehead atoms. The summed E-state index contributed by atoms with van der Waals surface area (Å²) in [4.78, 5) is 22.6. The van der Waals surface area contributed by atoms with Gasteiger partial charge in [-0.05, 0) is 24.6 Å². The second-order valence-electron chi connectivity index (χ2n) is 5.23. The Morgan fingerprint density at radius 2 is 2.00 bits per heavy atom. The van der Waals surface area contributed by atoms with Gasteiger partial charge in [-0.25, -0.2) is 14.5 Å². The molecule has 1 aliphatic heterocycles. The first-order chi connectivity index (χ1) is 11.4. The molecule has 2 aromatic rings. The van der Waals surface area contributed by atoms with Gasteiger partial charge in [0.1, 0.15) is 11.7 Å². The minimum absolute atomic E-state index is 0.106. The fourth-order valence-electron chi connectivity index (χ4n) is 2.23. The van der Waals surface area contributed by atoms with Crippen LogP contribution in [0.3, 0.4) is 0 Å². The minimum Gasteiger partial charge on any atom is -0.275 e. The Balaban J connectivity index is 1.80. The fourth-order valence-corrected chi connectivity index (χ4v) is 2.64. The highest BCUT2D eigenvalue weighted by molar-refractivity contribution is 6.32. The molecule has 0 saturated carbocycles. The molecule has 124 valence electrons. The zero-order valence-corrected chi connectivity index (χ0v) is 14.2. The van der Waals surface area contributed by atoms with Gasteiger partial charge in [-0.15, -0.1) is 0 Å². The number of aryl methyl sites for hydroxylation is 1. The number of amides is 3. The van der Waals surface area contributed by atoms with Crippen molar-refractivity contribution >= 4 is 41.4 Å². The fraction of sp³-hybridized carbons (Fsp3) is 0.200. The first kappa shape index (κ1) is 16.5. The van der Waals surface area contributed by atoms with Crippen LogP contribution in [0.25, 0.3) is 0 Å². The van der Waals surface area contributed by atoms with Crippen LogP contribution in [0, 0.1) is 6.92 Å². The topological polar surface area (TPSA) is 79.6 Å². The molecule has 1 N–H and O–H groups in total. The van der Waals surface area contributed by atoms with E-state index in [9.17, 15) is 9.59 Å². The van der Waals surface area contributed by atoms with Crippen LogP contribution in [0.2, 0.25) is 10.2 Å². The summed E-state index contributed by atoms with van der Waals surface area (Å²) in [5.74, 6) is -0.390. The number of hydrogen-bond donors (Lipinski definition) is 1. The zero-order valence-electron chi connectivity index (χ0n) is 12.7. The number of aromatic nitrogens is 2. The van der Waals surface area contributed by atoms with Crippen molar-refractivity contribution in [2.24, 2.45) is 5.10 Å². The van der Waals surface area contributed by atoms with Crippen molar-refractivity contribution in [1.29, 1.82) is 0 Å². The van der Waals surface area contributed by atoms with Gasteiger partial charge in [0.05, 0.1) is 24.0 Å². The number of imide groups is 1. The number of urea groups is 1. The van der Waals surface area contributed by atoms with Crippen LogP contribution in [0.5, 0.6) is 0 Å². The summed E-state index contributed by atoms with van der Waals surface area (Å²) < 4.78 is 1.64. The molecule has 0 unspecified atom stereocenters. The predicted molar refractivity (Wildman–Crippen MR) is 90.4 cm³/mol. The highest BCUT2D eigenvalue weighted by atomic mass is 35.5. The van der Waals surface area contributed by atoms with E-state index in [4.69, 9.17) is 23.2 Å². The summed E-state index contributed by atoms with van der Waals surface area (Å²) in [6, 6.07) is 6.82. The second kappa shape index (κ2) is 6.62. The SMILES string of the molecule is Cc1nn(Cc2ccc(Cl)cc2)c(Cl)c1C=NN1CC(=O)NC1=O. The molecular weight excluding hydrogens is 353 g/mol. The molecule has 0 aliphatic carbocycles. The first-order valence-electron chi connectivity index (χ1n) is 7.06. The van der Waals surface area contributed by atoms with E-state index in [-0.39, 0.29) is 6.54 Å². The third kappa shape index (κ3) is 3.42. The Labute approximate surface area is 147 Å². The van der Waals surface area contributed by atoms with Crippen LogP contribution in [-0.2, 0) is 11.3 Å². The maximum atomic E-state index is 11.5. The minimum atomic E-state index is -0.557. The van der Waals surface area contributed by atoms with Gasteiger partial charge in [0.15, 0.2) is 0 Å². The van der Waals surface area contributed by atoms with Gasteiger partial charge in [0.25, 0.3) is 0 Å². The van der Waals surface area contributed by atoms with Gasteiger partial charge in [-0.1, -0.05) is 35.3 Å². The van der Waals surface area contributed by atoms with Gasteiger partial charge in [0, 0.05) is 5.02 Å². The van der Waals surface area contributed by atoms with Crippen molar-refractivity contribution in [2.75, 3.05) is 6.54 Å². The maximum Gasteiger partial charge on any atom is 0.344 e. The largest absolute Gasteiger partial charge is 0.344 e. The molecule has 3 amide bonds. The smallest absolute Gasteiger partial charge is 0.275 e. The van der Waals surface area contributed by atoms with E-state index in [2.05, 4.69) is 15.5 Å². The number of benzene rings is 1. The summed E-state index contributed by atoms with van der Waals surface area (Å²) in [6.07, 6.45) is 1.43. The molecule has 1 saturated heterocycles. The van der Waals surface area contributed by atoms with Crippen LogP contribution < -0.4 is 5.32 Å². The lowest BCUT2D eigenvalue weighted by Crippen LogP contribution is -2.24. The number of hydrazone groups is 1. The maximum absolute atomic E-state index is 11.5. The Bertz CT molecular complexity index is 829. The number of nitrogens with zero attached hydrogens (tertiary/aromatic N) is 4. The molecule has 7 nitrogen and oxygen atoms in total. The third-order valence-electron chi connectivity index (χ3n) is 3.46. The Kier molecular flexibility index (Phi) is 4.55. The van der Waals surface area contributed by atoms with E-state index in [0.717, 1.165) is 10.6 Å². The molecule has 1 aromatic heterocycles. The van der Waals surface area contributed by atoms with Crippen molar-refractivity contribution < 1.29 is 9.59 Å². The van der Waals surface area contributed by atoms with Crippen molar-refractivity contribution in [3.63, 3.8) is 0 Å². The van der Waals surface area contributed by atoms with Crippen molar-refractivity contribution in [3.8, 4) is 0 Å². The zero-order chi connectivity index (χ0) is 17.3. The number of rotatable bonds is 4. The molecule has 1 aromatic carbocycles. The molecule has 9 heteroatoms. The summed E-state index contributed by atoms with van der Waals surface area (Å²) in [5.41, 5.74) is 2.26. The lowest BCUT2D eigenvalue weighted by molar-refractivity contribution is -0.118. The van der Waals surface area contributed by atoms with Crippen molar-refractivity contribution in [3.05, 3.63) is 51.3 Å². The summed E-state index contributed by atoms with van der Waals surface area (Å²) >= 11 is 12.2. The summed E-state index contributed by atoms with van der Waals surface area (Å²) in [5, 5.41) is 12.6. The Hall–Kier alpha value is -2.38.